The molecule has 1 aliphatic carbocycles. The third-order valence-electron chi connectivity index (χ3n) is 4.72. The summed E-state index contributed by atoms with van der Waals surface area (Å²) in [7, 11) is 0. The summed E-state index contributed by atoms with van der Waals surface area (Å²) >= 11 is 1.53. The zero-order valence-electron chi connectivity index (χ0n) is 15.2. The van der Waals surface area contributed by atoms with Crippen molar-refractivity contribution in [3.63, 3.8) is 0 Å². The zero-order valence-corrected chi connectivity index (χ0v) is 16.0. The zero-order chi connectivity index (χ0) is 19.6. The largest absolute Gasteiger partial charge is 0.357 e. The van der Waals surface area contributed by atoms with Gasteiger partial charge in [-0.1, -0.05) is 13.0 Å². The number of carbonyl (C=O) groups excluding carboxylic acids is 1. The van der Waals surface area contributed by atoms with E-state index >= 15 is 0 Å². The summed E-state index contributed by atoms with van der Waals surface area (Å²) in [5.41, 5.74) is 1.45. The third kappa shape index (κ3) is 3.65. The topological polar surface area (TPSA) is 84.7 Å². The Morgan fingerprint density at radius 3 is 3.04 bits per heavy atom. The number of anilines is 2. The molecule has 0 aliphatic heterocycles. The van der Waals surface area contributed by atoms with Gasteiger partial charge in [-0.25, -0.2) is 19.3 Å². The Hall–Kier alpha value is -3.07. The minimum Gasteiger partial charge on any atom is -0.357 e. The number of rotatable bonds is 7. The van der Waals surface area contributed by atoms with E-state index in [1.54, 1.807) is 18.6 Å². The molecule has 1 amide bonds. The van der Waals surface area contributed by atoms with Crippen LogP contribution in [0.3, 0.4) is 0 Å². The average molecular weight is 398 g/mol. The van der Waals surface area contributed by atoms with Gasteiger partial charge >= 0.3 is 0 Å². The number of carbonyl (C=O) groups is 1. The van der Waals surface area contributed by atoms with E-state index in [0.717, 1.165) is 21.0 Å². The van der Waals surface area contributed by atoms with Gasteiger partial charge in [0.25, 0.3) is 0 Å². The molecule has 4 rings (SSSR count). The number of thiazole rings is 1. The number of allylic oxidation sites excluding steroid dienone is 4. The number of halogens is 1. The van der Waals surface area contributed by atoms with Crippen molar-refractivity contribution in [1.29, 1.82) is 0 Å². The lowest BCUT2D eigenvalue weighted by Crippen LogP contribution is -2.18. The maximum absolute atomic E-state index is 13.3. The van der Waals surface area contributed by atoms with Crippen molar-refractivity contribution >= 4 is 39.7 Å². The highest BCUT2D eigenvalue weighted by Crippen LogP contribution is 2.38. The van der Waals surface area contributed by atoms with Gasteiger partial charge in [0.1, 0.15) is 17.2 Å². The predicted molar refractivity (Wildman–Crippen MR) is 107 cm³/mol. The van der Waals surface area contributed by atoms with Crippen LogP contribution in [0.4, 0.5) is 15.3 Å². The first kappa shape index (κ1) is 18.3. The first-order chi connectivity index (χ1) is 13.6. The molecule has 2 N–H and O–H groups in total. The molecule has 28 heavy (non-hydrogen) atoms. The lowest BCUT2D eigenvalue weighted by molar-refractivity contribution is -0.109. The SMILES string of the molecule is CC1(c2cnc(Nc3cc4c(cn3)ncn4CCNC=O)s2)C=CC(F)=CC1. The molecule has 0 aromatic carbocycles. The van der Waals surface area contributed by atoms with Crippen LogP contribution >= 0.6 is 11.3 Å². The van der Waals surface area contributed by atoms with Crippen molar-refractivity contribution < 1.29 is 9.18 Å². The summed E-state index contributed by atoms with van der Waals surface area (Å²) in [6, 6.07) is 1.91. The van der Waals surface area contributed by atoms with Gasteiger partial charge in [0.2, 0.25) is 6.41 Å². The molecule has 0 spiro atoms. The molecule has 3 heterocycles. The Morgan fingerprint density at radius 2 is 2.25 bits per heavy atom. The Bertz CT molecular complexity index is 1070. The monoisotopic (exact) mass is 398 g/mol. The predicted octanol–water partition coefficient (Wildman–Crippen LogP) is 3.45. The summed E-state index contributed by atoms with van der Waals surface area (Å²) in [5.74, 6) is 0.464. The lowest BCUT2D eigenvalue weighted by atomic mass is 9.82. The molecule has 9 heteroatoms. The number of amides is 1. The number of hydrogen-bond acceptors (Lipinski definition) is 6. The van der Waals surface area contributed by atoms with E-state index in [-0.39, 0.29) is 11.2 Å². The van der Waals surface area contributed by atoms with E-state index in [1.165, 1.54) is 17.4 Å². The quantitative estimate of drug-likeness (QED) is 0.470. The molecule has 0 saturated heterocycles. The van der Waals surface area contributed by atoms with Gasteiger partial charge in [-0.3, -0.25) is 4.79 Å². The molecule has 0 radical (unpaired) electrons. The van der Waals surface area contributed by atoms with Crippen molar-refractivity contribution in [3.8, 4) is 0 Å². The van der Waals surface area contributed by atoms with Crippen LogP contribution in [0, 0.1) is 0 Å². The van der Waals surface area contributed by atoms with E-state index in [0.29, 0.717) is 31.7 Å². The Labute approximate surface area is 165 Å². The number of imidazole rings is 1. The number of pyridine rings is 1. The van der Waals surface area contributed by atoms with Crippen LogP contribution < -0.4 is 10.6 Å². The lowest BCUT2D eigenvalue weighted by Gasteiger charge is -2.24. The van der Waals surface area contributed by atoms with Gasteiger partial charge in [-0.2, -0.15) is 0 Å². The summed E-state index contributed by atoms with van der Waals surface area (Å²) in [6.45, 7) is 3.21. The minimum absolute atomic E-state index is 0.196. The normalized spacial score (nSPS) is 18.9. The second-order valence-electron chi connectivity index (χ2n) is 6.77. The first-order valence-corrected chi connectivity index (χ1v) is 9.65. The number of aromatic nitrogens is 4. The Morgan fingerprint density at radius 1 is 1.36 bits per heavy atom. The van der Waals surface area contributed by atoms with Crippen LogP contribution in [0.25, 0.3) is 11.0 Å². The highest BCUT2D eigenvalue weighted by atomic mass is 32.1. The van der Waals surface area contributed by atoms with E-state index in [9.17, 15) is 9.18 Å². The van der Waals surface area contributed by atoms with Crippen molar-refractivity contribution in [2.45, 2.75) is 25.3 Å². The number of nitrogens with zero attached hydrogens (tertiary/aromatic N) is 4. The van der Waals surface area contributed by atoms with Crippen LogP contribution in [0.2, 0.25) is 0 Å². The van der Waals surface area contributed by atoms with Gasteiger partial charge in [0.15, 0.2) is 5.13 Å². The average Bonchev–Trinajstić information content (AvgIpc) is 3.32. The molecule has 0 bridgehead atoms. The van der Waals surface area contributed by atoms with Gasteiger partial charge in [0, 0.05) is 35.6 Å². The molecule has 7 nitrogen and oxygen atoms in total. The summed E-state index contributed by atoms with van der Waals surface area (Å²) in [5, 5.41) is 6.60. The van der Waals surface area contributed by atoms with Crippen LogP contribution in [-0.4, -0.2) is 32.5 Å². The van der Waals surface area contributed by atoms with Gasteiger partial charge < -0.3 is 15.2 Å². The standard InChI is InChI=1S/C19H19FN6OS/c1-19(4-2-13(20)3-5-19)16-10-23-18(28-16)25-17-8-15-14(9-22-17)24-11-26(15)7-6-21-12-27/h2-4,8-12H,5-7H2,1H3,(H,21,27)(H,22,23,25). The molecule has 3 aromatic heterocycles. The molecule has 3 aromatic rings. The van der Waals surface area contributed by atoms with Crippen LogP contribution in [0.5, 0.6) is 0 Å². The summed E-state index contributed by atoms with van der Waals surface area (Å²) < 4.78 is 15.2. The van der Waals surface area contributed by atoms with Crippen molar-refractivity contribution in [2.75, 3.05) is 11.9 Å². The molecular formula is C19H19FN6OS. The molecule has 0 saturated carbocycles. The fraction of sp³-hybridized carbons (Fsp3) is 0.263. The number of fused-ring (bicyclic) bond motifs is 1. The second kappa shape index (κ2) is 7.51. The highest BCUT2D eigenvalue weighted by molar-refractivity contribution is 7.15. The van der Waals surface area contributed by atoms with E-state index in [1.807, 2.05) is 22.9 Å². The Balaban J connectivity index is 1.52. The van der Waals surface area contributed by atoms with E-state index < -0.39 is 0 Å². The molecule has 0 fully saturated rings. The smallest absolute Gasteiger partial charge is 0.207 e. The summed E-state index contributed by atoms with van der Waals surface area (Å²) in [4.78, 5) is 24.6. The van der Waals surface area contributed by atoms with Gasteiger partial charge in [-0.05, 0) is 18.6 Å². The number of hydrogen-bond donors (Lipinski definition) is 2. The van der Waals surface area contributed by atoms with E-state index in [4.69, 9.17) is 0 Å². The highest BCUT2D eigenvalue weighted by Gasteiger charge is 2.27. The third-order valence-corrected chi connectivity index (χ3v) is 5.92. The van der Waals surface area contributed by atoms with Crippen LogP contribution in [0.1, 0.15) is 18.2 Å². The fourth-order valence-electron chi connectivity index (χ4n) is 3.05. The number of nitrogens with one attached hydrogen (secondary N) is 2. The van der Waals surface area contributed by atoms with Gasteiger partial charge in [-0.15, -0.1) is 11.3 Å². The van der Waals surface area contributed by atoms with Crippen LogP contribution in [-0.2, 0) is 16.8 Å². The molecular weight excluding hydrogens is 379 g/mol. The Kier molecular flexibility index (Phi) is 4.91. The van der Waals surface area contributed by atoms with Crippen LogP contribution in [0.15, 0.2) is 48.8 Å². The molecule has 1 unspecified atom stereocenters. The van der Waals surface area contributed by atoms with Crippen molar-refractivity contribution in [1.82, 2.24) is 24.8 Å². The molecule has 144 valence electrons. The second-order valence-corrected chi connectivity index (χ2v) is 7.80. The maximum Gasteiger partial charge on any atom is 0.207 e. The molecule has 1 atom stereocenters. The van der Waals surface area contributed by atoms with Gasteiger partial charge in [0.05, 0.1) is 18.0 Å². The van der Waals surface area contributed by atoms with Crippen molar-refractivity contribution in [3.05, 3.63) is 53.7 Å². The minimum atomic E-state index is -0.255. The first-order valence-electron chi connectivity index (χ1n) is 8.83. The van der Waals surface area contributed by atoms with E-state index in [2.05, 4.69) is 32.5 Å². The summed E-state index contributed by atoms with van der Waals surface area (Å²) in [6.07, 6.45) is 11.5. The molecule has 1 aliphatic rings. The fourth-order valence-corrected chi connectivity index (χ4v) is 4.01. The van der Waals surface area contributed by atoms with Crippen molar-refractivity contribution in [2.24, 2.45) is 0 Å². The maximum atomic E-state index is 13.3.